The van der Waals surface area contributed by atoms with Crippen molar-refractivity contribution in [1.82, 2.24) is 0 Å². The summed E-state index contributed by atoms with van der Waals surface area (Å²) in [5.74, 6) is 0.0686. The van der Waals surface area contributed by atoms with Crippen molar-refractivity contribution in [2.75, 3.05) is 0 Å². The number of rotatable bonds is 1. The molecule has 0 saturated heterocycles. The summed E-state index contributed by atoms with van der Waals surface area (Å²) in [5, 5.41) is 11.4. The summed E-state index contributed by atoms with van der Waals surface area (Å²) in [6, 6.07) is 3.03. The highest BCUT2D eigenvalue weighted by Crippen LogP contribution is 2.34. The molecular formula is C9H6ClFOS. The summed E-state index contributed by atoms with van der Waals surface area (Å²) in [6.07, 6.45) is 0. The van der Waals surface area contributed by atoms with Crippen LogP contribution in [0.25, 0.3) is 10.1 Å². The van der Waals surface area contributed by atoms with Gasteiger partial charge in [0.05, 0.1) is 5.88 Å². The zero-order chi connectivity index (χ0) is 9.42. The van der Waals surface area contributed by atoms with E-state index in [1.807, 2.05) is 0 Å². The second kappa shape index (κ2) is 3.16. The van der Waals surface area contributed by atoms with Crippen molar-refractivity contribution >= 4 is 33.0 Å². The highest BCUT2D eigenvalue weighted by molar-refractivity contribution is 7.17. The second-order valence-corrected chi connectivity index (χ2v) is 3.80. The number of aromatic hydroxyl groups is 1. The monoisotopic (exact) mass is 216 g/mol. The largest absolute Gasteiger partial charge is 0.508 e. The van der Waals surface area contributed by atoms with Crippen molar-refractivity contribution in [2.24, 2.45) is 0 Å². The molecule has 0 saturated carbocycles. The van der Waals surface area contributed by atoms with E-state index in [0.29, 0.717) is 10.9 Å². The van der Waals surface area contributed by atoms with Crippen LogP contribution in [0.2, 0.25) is 0 Å². The summed E-state index contributed by atoms with van der Waals surface area (Å²) >= 11 is 6.90. The van der Waals surface area contributed by atoms with Gasteiger partial charge in [0.2, 0.25) is 0 Å². The predicted octanol–water partition coefficient (Wildman–Crippen LogP) is 3.48. The highest BCUT2D eigenvalue weighted by Gasteiger charge is 2.10. The fourth-order valence-corrected chi connectivity index (χ4v) is 2.55. The maximum absolute atomic E-state index is 13.1. The molecule has 0 amide bonds. The van der Waals surface area contributed by atoms with Gasteiger partial charge in [0, 0.05) is 21.0 Å². The molecule has 0 aliphatic carbocycles. The molecule has 0 fully saturated rings. The number of hydrogen-bond acceptors (Lipinski definition) is 2. The van der Waals surface area contributed by atoms with E-state index < -0.39 is 0 Å². The third-order valence-corrected chi connectivity index (χ3v) is 3.20. The molecule has 0 unspecified atom stereocenters. The van der Waals surface area contributed by atoms with Gasteiger partial charge in [0.1, 0.15) is 11.6 Å². The van der Waals surface area contributed by atoms with Crippen LogP contribution in [0, 0.1) is 5.82 Å². The van der Waals surface area contributed by atoms with Crippen LogP contribution >= 0.6 is 22.9 Å². The van der Waals surface area contributed by atoms with Gasteiger partial charge in [-0.3, -0.25) is 0 Å². The van der Waals surface area contributed by atoms with Gasteiger partial charge in [-0.15, -0.1) is 22.9 Å². The van der Waals surface area contributed by atoms with Gasteiger partial charge in [-0.25, -0.2) is 4.39 Å². The zero-order valence-electron chi connectivity index (χ0n) is 6.55. The smallest absolute Gasteiger partial charge is 0.141 e. The maximum Gasteiger partial charge on any atom is 0.141 e. The summed E-state index contributed by atoms with van der Waals surface area (Å²) < 4.78 is 13.8. The summed E-state index contributed by atoms with van der Waals surface area (Å²) in [5.41, 5.74) is 0.605. The molecule has 0 spiro atoms. The van der Waals surface area contributed by atoms with Gasteiger partial charge in [0.15, 0.2) is 0 Å². The molecule has 1 N–H and O–H groups in total. The minimum absolute atomic E-state index is 0.129. The fourth-order valence-electron chi connectivity index (χ4n) is 1.24. The third kappa shape index (κ3) is 1.28. The van der Waals surface area contributed by atoms with Gasteiger partial charge in [0.25, 0.3) is 0 Å². The minimum atomic E-state index is -0.258. The van der Waals surface area contributed by atoms with Crippen LogP contribution in [0.4, 0.5) is 4.39 Å². The Bertz CT molecular complexity index is 452. The van der Waals surface area contributed by atoms with E-state index in [0.717, 1.165) is 4.70 Å². The number of phenolic OH excluding ortho intramolecular Hbond substituents is 1. The molecule has 2 rings (SSSR count). The van der Waals surface area contributed by atoms with Crippen LogP contribution in [0.5, 0.6) is 5.75 Å². The average Bonchev–Trinajstić information content (AvgIpc) is 2.48. The highest BCUT2D eigenvalue weighted by atomic mass is 35.5. The van der Waals surface area contributed by atoms with Crippen LogP contribution in [0.3, 0.4) is 0 Å². The fraction of sp³-hybridized carbons (Fsp3) is 0.111. The SMILES string of the molecule is Oc1ccc2c(F)csc2c1CCl. The first-order valence-corrected chi connectivity index (χ1v) is 5.09. The Kier molecular flexibility index (Phi) is 2.14. The Morgan fingerprint density at radius 2 is 2.23 bits per heavy atom. The molecule has 13 heavy (non-hydrogen) atoms. The summed E-state index contributed by atoms with van der Waals surface area (Å²) in [6.45, 7) is 0. The van der Waals surface area contributed by atoms with E-state index >= 15 is 0 Å². The summed E-state index contributed by atoms with van der Waals surface area (Å²) in [7, 11) is 0. The van der Waals surface area contributed by atoms with Crippen molar-refractivity contribution in [3.8, 4) is 5.75 Å². The Labute approximate surface area is 83.4 Å². The van der Waals surface area contributed by atoms with Gasteiger partial charge >= 0.3 is 0 Å². The first-order valence-electron chi connectivity index (χ1n) is 3.67. The molecular weight excluding hydrogens is 211 g/mol. The summed E-state index contributed by atoms with van der Waals surface area (Å²) in [4.78, 5) is 0. The van der Waals surface area contributed by atoms with E-state index in [4.69, 9.17) is 11.6 Å². The van der Waals surface area contributed by atoms with E-state index in [1.54, 1.807) is 6.07 Å². The van der Waals surface area contributed by atoms with Crippen molar-refractivity contribution in [3.05, 3.63) is 28.9 Å². The number of hydrogen-bond donors (Lipinski definition) is 1. The maximum atomic E-state index is 13.1. The number of halogens is 2. The first-order chi connectivity index (χ1) is 6.24. The Morgan fingerprint density at radius 1 is 1.46 bits per heavy atom. The molecule has 4 heteroatoms. The Hall–Kier alpha value is -0.800. The van der Waals surface area contributed by atoms with Crippen LogP contribution in [0.1, 0.15) is 5.56 Å². The lowest BCUT2D eigenvalue weighted by Gasteiger charge is -2.00. The van der Waals surface area contributed by atoms with Crippen molar-refractivity contribution in [1.29, 1.82) is 0 Å². The normalized spacial score (nSPS) is 10.9. The second-order valence-electron chi connectivity index (χ2n) is 2.66. The first kappa shape index (κ1) is 8.78. The quantitative estimate of drug-likeness (QED) is 0.724. The van der Waals surface area contributed by atoms with E-state index in [9.17, 15) is 9.50 Å². The van der Waals surface area contributed by atoms with Gasteiger partial charge in [-0.1, -0.05) is 0 Å². The topological polar surface area (TPSA) is 20.2 Å². The standard InChI is InChI=1S/C9H6ClFOS/c10-3-6-8(12)2-1-5-7(11)4-13-9(5)6/h1-2,4,12H,3H2. The van der Waals surface area contributed by atoms with E-state index in [1.165, 1.54) is 22.8 Å². The van der Waals surface area contributed by atoms with Gasteiger partial charge in [-0.05, 0) is 12.1 Å². The van der Waals surface area contributed by atoms with Gasteiger partial charge in [-0.2, -0.15) is 0 Å². The molecule has 0 aliphatic heterocycles. The van der Waals surface area contributed by atoms with Crippen molar-refractivity contribution in [2.45, 2.75) is 5.88 Å². The lowest BCUT2D eigenvalue weighted by atomic mass is 10.1. The molecule has 2 aromatic rings. The molecule has 0 radical (unpaired) electrons. The number of benzene rings is 1. The Balaban J connectivity index is 2.85. The predicted molar refractivity (Wildman–Crippen MR) is 53.0 cm³/mol. The molecule has 0 atom stereocenters. The number of alkyl halides is 1. The number of thiophene rings is 1. The lowest BCUT2D eigenvalue weighted by Crippen LogP contribution is -1.80. The zero-order valence-corrected chi connectivity index (χ0v) is 8.12. The van der Waals surface area contributed by atoms with E-state index in [2.05, 4.69) is 0 Å². The molecule has 1 nitrogen and oxygen atoms in total. The number of phenols is 1. The number of fused-ring (bicyclic) bond motifs is 1. The molecule has 0 aliphatic rings. The molecule has 1 aromatic carbocycles. The van der Waals surface area contributed by atoms with E-state index in [-0.39, 0.29) is 17.4 Å². The molecule has 68 valence electrons. The molecule has 1 aromatic heterocycles. The van der Waals surface area contributed by atoms with Crippen LogP contribution in [0.15, 0.2) is 17.5 Å². The Morgan fingerprint density at radius 3 is 2.92 bits per heavy atom. The minimum Gasteiger partial charge on any atom is -0.508 e. The van der Waals surface area contributed by atoms with Crippen LogP contribution in [-0.4, -0.2) is 5.11 Å². The third-order valence-electron chi connectivity index (χ3n) is 1.91. The van der Waals surface area contributed by atoms with Crippen molar-refractivity contribution < 1.29 is 9.50 Å². The lowest BCUT2D eigenvalue weighted by molar-refractivity contribution is 0.471. The molecule has 1 heterocycles. The van der Waals surface area contributed by atoms with Crippen molar-refractivity contribution in [3.63, 3.8) is 0 Å². The average molecular weight is 217 g/mol. The molecule has 0 bridgehead atoms. The van der Waals surface area contributed by atoms with Crippen LogP contribution in [-0.2, 0) is 5.88 Å². The van der Waals surface area contributed by atoms with Crippen LogP contribution < -0.4 is 0 Å². The van der Waals surface area contributed by atoms with Gasteiger partial charge < -0.3 is 5.11 Å².